The molecule has 0 aromatic carbocycles. The molecule has 192 valence electrons. The molecule has 7 nitrogen and oxygen atoms in total. The zero-order chi connectivity index (χ0) is 25.6. The number of allylic oxidation sites excluding steroid dienone is 4. The Hall–Kier alpha value is -1.97. The molecule has 0 aromatic rings. The lowest BCUT2D eigenvalue weighted by atomic mass is 9.48. The van der Waals surface area contributed by atoms with Gasteiger partial charge in [0.05, 0.1) is 12.2 Å². The monoisotopic (exact) mass is 493 g/mol. The van der Waals surface area contributed by atoms with Crippen molar-refractivity contribution in [3.05, 3.63) is 23.8 Å². The maximum Gasteiger partial charge on any atom is 0.212 e. The summed E-state index contributed by atoms with van der Waals surface area (Å²) in [6.07, 6.45) is 1.52. The SMILES string of the molecule is CO/N=C/C(=O)[C@@]12OC(C)(C)O[C@@H]1C[C@H]1[C@H]3CC[C@H](F)C4=CC(=O)C=C[C@]4(C)[C@@]3(F)C(O)C[C@@]12C. The van der Waals surface area contributed by atoms with Crippen LogP contribution in [0, 0.1) is 22.7 Å². The van der Waals surface area contributed by atoms with E-state index in [0.29, 0.717) is 6.42 Å². The third-order valence-electron chi connectivity index (χ3n) is 9.53. The molecule has 0 radical (unpaired) electrons. The predicted molar refractivity (Wildman–Crippen MR) is 122 cm³/mol. The minimum absolute atomic E-state index is 0.0160. The lowest BCUT2D eigenvalue weighted by molar-refractivity contribution is -0.239. The third kappa shape index (κ3) is 2.95. The van der Waals surface area contributed by atoms with Crippen LogP contribution in [-0.4, -0.2) is 65.4 Å². The first kappa shape index (κ1) is 24.7. The van der Waals surface area contributed by atoms with E-state index < -0.39 is 69.7 Å². The van der Waals surface area contributed by atoms with Crippen LogP contribution in [0.3, 0.4) is 0 Å². The smallest absolute Gasteiger partial charge is 0.212 e. The average molecular weight is 494 g/mol. The second-order valence-corrected chi connectivity index (χ2v) is 11.6. The number of halogens is 2. The number of oxime groups is 1. The molecule has 9 heteroatoms. The highest BCUT2D eigenvalue weighted by atomic mass is 19.1. The van der Waals surface area contributed by atoms with Gasteiger partial charge in [0.2, 0.25) is 5.78 Å². The zero-order valence-electron chi connectivity index (χ0n) is 20.7. The molecule has 1 heterocycles. The standard InChI is InChI=1S/C26H33F2NO6/c1-22(2)34-21-11-16-15-6-7-18(27)17-10-14(30)8-9-23(17,3)25(15,28)19(31)12-24(16,4)26(21,35-22)20(32)13-29-33-5/h8-10,13,15-16,18-19,21,31H,6-7,11-12H2,1-5H3/b29-13+/t15-,16+,18+,19?,21-,23+,24+,25+,26-/m1/s1. The van der Waals surface area contributed by atoms with E-state index in [1.54, 1.807) is 20.8 Å². The summed E-state index contributed by atoms with van der Waals surface area (Å²) in [7, 11) is 1.32. The van der Waals surface area contributed by atoms with Gasteiger partial charge in [-0.3, -0.25) is 9.59 Å². The van der Waals surface area contributed by atoms with E-state index in [4.69, 9.17) is 14.3 Å². The van der Waals surface area contributed by atoms with Crippen LogP contribution in [0.4, 0.5) is 8.78 Å². The van der Waals surface area contributed by atoms with Gasteiger partial charge < -0.3 is 19.4 Å². The van der Waals surface area contributed by atoms with Gasteiger partial charge in [-0.25, -0.2) is 8.78 Å². The van der Waals surface area contributed by atoms with Crippen molar-refractivity contribution in [2.24, 2.45) is 27.8 Å². The number of nitrogens with zero attached hydrogens (tertiary/aromatic N) is 1. The molecule has 9 atom stereocenters. The van der Waals surface area contributed by atoms with E-state index in [1.165, 1.54) is 25.3 Å². The number of carbonyl (C=O) groups excluding carboxylic acids is 2. The second kappa shape index (κ2) is 7.52. The largest absolute Gasteiger partial charge is 0.399 e. The van der Waals surface area contributed by atoms with Crippen LogP contribution in [0.1, 0.15) is 53.4 Å². The number of hydrogen-bond acceptors (Lipinski definition) is 7. The molecule has 1 N–H and O–H groups in total. The van der Waals surface area contributed by atoms with Crippen molar-refractivity contribution in [3.8, 4) is 0 Å². The van der Waals surface area contributed by atoms with Crippen molar-refractivity contribution in [2.45, 2.75) is 88.8 Å². The van der Waals surface area contributed by atoms with Gasteiger partial charge in [0, 0.05) is 16.7 Å². The Balaban J connectivity index is 1.66. The van der Waals surface area contributed by atoms with Gasteiger partial charge >= 0.3 is 0 Å². The summed E-state index contributed by atoms with van der Waals surface area (Å²) in [5.41, 5.74) is -6.21. The molecule has 3 saturated carbocycles. The van der Waals surface area contributed by atoms with Crippen molar-refractivity contribution in [1.29, 1.82) is 0 Å². The Labute approximate surface area is 203 Å². The van der Waals surface area contributed by atoms with E-state index in [0.717, 1.165) is 6.21 Å². The predicted octanol–water partition coefficient (Wildman–Crippen LogP) is 3.40. The fourth-order valence-corrected chi connectivity index (χ4v) is 8.14. The van der Waals surface area contributed by atoms with Crippen LogP contribution in [0.25, 0.3) is 0 Å². The van der Waals surface area contributed by atoms with Crippen LogP contribution in [0.2, 0.25) is 0 Å². The van der Waals surface area contributed by atoms with Gasteiger partial charge in [0.15, 0.2) is 22.8 Å². The third-order valence-corrected chi connectivity index (χ3v) is 9.53. The molecule has 0 aromatic heterocycles. The lowest BCUT2D eigenvalue weighted by Crippen LogP contribution is -2.68. The second-order valence-electron chi connectivity index (χ2n) is 11.6. The van der Waals surface area contributed by atoms with Crippen LogP contribution in [0.15, 0.2) is 29.0 Å². The van der Waals surface area contributed by atoms with E-state index in [1.807, 2.05) is 6.92 Å². The number of carbonyl (C=O) groups is 2. The van der Waals surface area contributed by atoms with E-state index in [2.05, 4.69) is 5.16 Å². The first-order chi connectivity index (χ1) is 16.3. The molecule has 1 aliphatic heterocycles. The molecule has 4 aliphatic carbocycles. The first-order valence-electron chi connectivity index (χ1n) is 12.2. The number of Topliss-reactive ketones (excluding diaryl/α,β-unsaturated/α-hetero) is 1. The van der Waals surface area contributed by atoms with E-state index in [9.17, 15) is 14.7 Å². The summed E-state index contributed by atoms with van der Waals surface area (Å²) in [6, 6.07) is 0. The van der Waals surface area contributed by atoms with Gasteiger partial charge in [0.25, 0.3) is 0 Å². The molecule has 35 heavy (non-hydrogen) atoms. The van der Waals surface area contributed by atoms with Crippen LogP contribution in [-0.2, 0) is 23.9 Å². The Bertz CT molecular complexity index is 1060. The summed E-state index contributed by atoms with van der Waals surface area (Å²) < 4.78 is 45.5. The molecular weight excluding hydrogens is 460 g/mol. The summed E-state index contributed by atoms with van der Waals surface area (Å²) in [5.74, 6) is -3.18. The van der Waals surface area contributed by atoms with Crippen molar-refractivity contribution < 1.29 is 37.8 Å². The van der Waals surface area contributed by atoms with Gasteiger partial charge in [0.1, 0.15) is 19.5 Å². The lowest BCUT2D eigenvalue weighted by Gasteiger charge is -2.59. The average Bonchev–Trinajstić information content (AvgIpc) is 3.16. The number of ether oxygens (including phenoxy) is 2. The topological polar surface area (TPSA) is 94.4 Å². The zero-order valence-corrected chi connectivity index (χ0v) is 20.7. The summed E-state index contributed by atoms with van der Waals surface area (Å²) in [6.45, 7) is 6.83. The van der Waals surface area contributed by atoms with Crippen molar-refractivity contribution in [1.82, 2.24) is 0 Å². The number of rotatable bonds is 3. The molecule has 5 rings (SSSR count). The van der Waals surface area contributed by atoms with E-state index >= 15 is 8.78 Å². The fraction of sp³-hybridized carbons (Fsp3) is 0.731. The van der Waals surface area contributed by atoms with Gasteiger partial charge in [-0.2, -0.15) is 0 Å². The number of hydrogen-bond donors (Lipinski definition) is 1. The fourth-order valence-electron chi connectivity index (χ4n) is 8.14. The maximum atomic E-state index is 17.5. The summed E-state index contributed by atoms with van der Waals surface area (Å²) in [4.78, 5) is 30.4. The number of aliphatic hydroxyl groups is 1. The van der Waals surface area contributed by atoms with Crippen LogP contribution < -0.4 is 0 Å². The van der Waals surface area contributed by atoms with Crippen LogP contribution in [0.5, 0.6) is 0 Å². The minimum Gasteiger partial charge on any atom is -0.399 e. The molecule has 1 unspecified atom stereocenters. The molecule has 1 saturated heterocycles. The number of alkyl halides is 2. The summed E-state index contributed by atoms with van der Waals surface area (Å²) >= 11 is 0. The van der Waals surface area contributed by atoms with Crippen molar-refractivity contribution in [2.75, 3.05) is 7.11 Å². The van der Waals surface area contributed by atoms with E-state index in [-0.39, 0.29) is 24.8 Å². The Morgan fingerprint density at radius 3 is 2.66 bits per heavy atom. The maximum absolute atomic E-state index is 17.5. The summed E-state index contributed by atoms with van der Waals surface area (Å²) in [5, 5.41) is 15.2. The molecule has 0 spiro atoms. The Morgan fingerprint density at radius 2 is 1.97 bits per heavy atom. The molecule has 0 bridgehead atoms. The Kier molecular flexibility index (Phi) is 5.31. The quantitative estimate of drug-likeness (QED) is 0.479. The van der Waals surface area contributed by atoms with Crippen molar-refractivity contribution in [3.63, 3.8) is 0 Å². The molecule has 5 aliphatic rings. The molecule has 4 fully saturated rings. The number of aliphatic hydroxyl groups excluding tert-OH is 1. The highest BCUT2D eigenvalue weighted by Crippen LogP contribution is 2.71. The minimum atomic E-state index is -2.25. The van der Waals surface area contributed by atoms with Crippen molar-refractivity contribution >= 4 is 17.8 Å². The molecule has 0 amide bonds. The van der Waals surface area contributed by atoms with Gasteiger partial charge in [-0.15, -0.1) is 0 Å². The van der Waals surface area contributed by atoms with Gasteiger partial charge in [-0.1, -0.05) is 18.2 Å². The number of fused-ring (bicyclic) bond motifs is 7. The Morgan fingerprint density at radius 1 is 1.26 bits per heavy atom. The van der Waals surface area contributed by atoms with Crippen LogP contribution >= 0.6 is 0 Å². The first-order valence-corrected chi connectivity index (χ1v) is 12.2. The van der Waals surface area contributed by atoms with Gasteiger partial charge in [-0.05, 0) is 70.1 Å². The normalized spacial score (nSPS) is 50.1. The number of ketones is 2. The highest BCUT2D eigenvalue weighted by Gasteiger charge is 2.79. The highest BCUT2D eigenvalue weighted by molar-refractivity contribution is 6.31. The molecular formula is C26H33F2NO6.